The number of hydrogen-bond acceptors (Lipinski definition) is 2. The minimum Gasteiger partial charge on any atom is -0.349 e. The normalized spacial score (nSPS) is 28.4. The van der Waals surface area contributed by atoms with E-state index in [9.17, 15) is 9.59 Å². The highest BCUT2D eigenvalue weighted by atomic mass is 16.2. The van der Waals surface area contributed by atoms with E-state index in [2.05, 4.69) is 10.6 Å². The molecule has 0 heterocycles. The SMILES string of the molecule is CN(C)C(=O)CCNC(=O)N[C@@H]1CC[C@@H]2CCCC[C@@H]2C1. The summed E-state index contributed by atoms with van der Waals surface area (Å²) in [6, 6.07) is 0.190. The second-order valence-electron chi connectivity index (χ2n) is 6.75. The number of carbonyl (C=O) groups is 2. The smallest absolute Gasteiger partial charge is 0.315 e. The molecular weight excluding hydrogens is 266 g/mol. The first kappa shape index (κ1) is 16.1. The Hall–Kier alpha value is -1.26. The fourth-order valence-corrected chi connectivity index (χ4v) is 3.75. The highest BCUT2D eigenvalue weighted by molar-refractivity contribution is 5.78. The second kappa shape index (κ2) is 7.66. The van der Waals surface area contributed by atoms with Gasteiger partial charge in [0, 0.05) is 33.1 Å². The predicted molar refractivity (Wildman–Crippen MR) is 82.9 cm³/mol. The number of nitrogens with zero attached hydrogens (tertiary/aromatic N) is 1. The fraction of sp³-hybridized carbons (Fsp3) is 0.875. The first-order chi connectivity index (χ1) is 10.1. The van der Waals surface area contributed by atoms with Gasteiger partial charge in [-0.2, -0.15) is 0 Å². The molecule has 0 aromatic heterocycles. The van der Waals surface area contributed by atoms with E-state index in [4.69, 9.17) is 0 Å². The molecule has 2 fully saturated rings. The Labute approximate surface area is 127 Å². The molecule has 5 heteroatoms. The molecule has 120 valence electrons. The van der Waals surface area contributed by atoms with Gasteiger partial charge in [0.1, 0.15) is 0 Å². The molecule has 2 aliphatic rings. The standard InChI is InChI=1S/C16H29N3O2/c1-19(2)15(20)9-10-17-16(21)18-14-8-7-12-5-3-4-6-13(12)11-14/h12-14H,3-11H2,1-2H3,(H2,17,18,21)/t12-,13+,14+/m0/s1. The van der Waals surface area contributed by atoms with Crippen molar-refractivity contribution in [1.29, 1.82) is 0 Å². The molecule has 0 bridgehead atoms. The van der Waals surface area contributed by atoms with Gasteiger partial charge in [0.2, 0.25) is 5.91 Å². The summed E-state index contributed by atoms with van der Waals surface area (Å²) < 4.78 is 0. The highest BCUT2D eigenvalue weighted by Crippen LogP contribution is 2.40. The van der Waals surface area contributed by atoms with Gasteiger partial charge in [-0.05, 0) is 31.1 Å². The number of urea groups is 1. The molecular formula is C16H29N3O2. The summed E-state index contributed by atoms with van der Waals surface area (Å²) in [5.74, 6) is 1.75. The van der Waals surface area contributed by atoms with Gasteiger partial charge < -0.3 is 15.5 Å². The number of amides is 3. The zero-order valence-corrected chi connectivity index (χ0v) is 13.4. The summed E-state index contributed by atoms with van der Waals surface area (Å²) >= 11 is 0. The predicted octanol–water partition coefficient (Wildman–Crippen LogP) is 2.12. The van der Waals surface area contributed by atoms with Crippen LogP contribution >= 0.6 is 0 Å². The monoisotopic (exact) mass is 295 g/mol. The van der Waals surface area contributed by atoms with Crippen molar-refractivity contribution in [3.8, 4) is 0 Å². The average molecular weight is 295 g/mol. The van der Waals surface area contributed by atoms with Gasteiger partial charge in [-0.15, -0.1) is 0 Å². The van der Waals surface area contributed by atoms with Crippen LogP contribution in [0.15, 0.2) is 0 Å². The number of carbonyl (C=O) groups excluding carboxylic acids is 2. The summed E-state index contributed by atoms with van der Waals surface area (Å²) in [6.45, 7) is 0.404. The van der Waals surface area contributed by atoms with Crippen LogP contribution in [0.3, 0.4) is 0 Å². The third kappa shape index (κ3) is 4.90. The second-order valence-corrected chi connectivity index (χ2v) is 6.75. The zero-order valence-electron chi connectivity index (χ0n) is 13.4. The molecule has 2 N–H and O–H groups in total. The van der Waals surface area contributed by atoms with E-state index in [0.29, 0.717) is 19.0 Å². The van der Waals surface area contributed by atoms with E-state index in [1.165, 1.54) is 32.1 Å². The maximum Gasteiger partial charge on any atom is 0.315 e. The van der Waals surface area contributed by atoms with Gasteiger partial charge in [0.15, 0.2) is 0 Å². The lowest BCUT2D eigenvalue weighted by molar-refractivity contribution is -0.128. The summed E-state index contributed by atoms with van der Waals surface area (Å²) in [4.78, 5) is 24.8. The Balaban J connectivity index is 1.65. The third-order valence-corrected chi connectivity index (χ3v) is 5.00. The highest BCUT2D eigenvalue weighted by Gasteiger charge is 2.32. The molecule has 0 spiro atoms. The molecule has 5 nitrogen and oxygen atoms in total. The lowest BCUT2D eigenvalue weighted by Gasteiger charge is -2.39. The fourth-order valence-electron chi connectivity index (χ4n) is 3.75. The third-order valence-electron chi connectivity index (χ3n) is 5.00. The van der Waals surface area contributed by atoms with Crippen molar-refractivity contribution in [2.24, 2.45) is 11.8 Å². The maximum absolute atomic E-state index is 11.9. The van der Waals surface area contributed by atoms with Crippen LogP contribution in [0, 0.1) is 11.8 Å². The number of hydrogen-bond donors (Lipinski definition) is 2. The Kier molecular flexibility index (Phi) is 5.88. The van der Waals surface area contributed by atoms with E-state index in [1.54, 1.807) is 19.0 Å². The molecule has 2 aliphatic carbocycles. The van der Waals surface area contributed by atoms with Crippen LogP contribution in [0.5, 0.6) is 0 Å². The summed E-state index contributed by atoms with van der Waals surface area (Å²) in [5.41, 5.74) is 0. The maximum atomic E-state index is 11.9. The van der Waals surface area contributed by atoms with E-state index in [0.717, 1.165) is 24.7 Å². The summed E-state index contributed by atoms with van der Waals surface area (Å²) in [5, 5.41) is 5.87. The van der Waals surface area contributed by atoms with Gasteiger partial charge >= 0.3 is 6.03 Å². The van der Waals surface area contributed by atoms with Crippen molar-refractivity contribution in [3.05, 3.63) is 0 Å². The number of rotatable bonds is 4. The molecule has 0 aromatic carbocycles. The van der Waals surface area contributed by atoms with Crippen molar-refractivity contribution in [2.45, 2.75) is 57.4 Å². The molecule has 3 amide bonds. The van der Waals surface area contributed by atoms with E-state index in [1.807, 2.05) is 0 Å². The van der Waals surface area contributed by atoms with Gasteiger partial charge in [-0.1, -0.05) is 25.7 Å². The topological polar surface area (TPSA) is 61.4 Å². The van der Waals surface area contributed by atoms with Crippen molar-refractivity contribution in [1.82, 2.24) is 15.5 Å². The van der Waals surface area contributed by atoms with Crippen LogP contribution in [0.1, 0.15) is 51.4 Å². The molecule has 0 radical (unpaired) electrons. The largest absolute Gasteiger partial charge is 0.349 e. The van der Waals surface area contributed by atoms with Crippen LogP contribution in [-0.4, -0.2) is 43.5 Å². The van der Waals surface area contributed by atoms with E-state index >= 15 is 0 Å². The van der Waals surface area contributed by atoms with Gasteiger partial charge in [-0.25, -0.2) is 4.79 Å². The van der Waals surface area contributed by atoms with E-state index in [-0.39, 0.29) is 11.9 Å². The lowest BCUT2D eigenvalue weighted by atomic mass is 9.69. The van der Waals surface area contributed by atoms with Crippen molar-refractivity contribution in [3.63, 3.8) is 0 Å². The van der Waals surface area contributed by atoms with Gasteiger partial charge in [0.05, 0.1) is 0 Å². The first-order valence-electron chi connectivity index (χ1n) is 8.30. The Morgan fingerprint density at radius 1 is 1.05 bits per heavy atom. The summed E-state index contributed by atoms with van der Waals surface area (Å²) in [6.07, 6.45) is 9.31. The number of fused-ring (bicyclic) bond motifs is 1. The molecule has 2 saturated carbocycles. The van der Waals surface area contributed by atoms with Crippen molar-refractivity contribution in [2.75, 3.05) is 20.6 Å². The Morgan fingerprint density at radius 2 is 1.76 bits per heavy atom. The molecule has 3 atom stereocenters. The van der Waals surface area contributed by atoms with Crippen LogP contribution in [0.4, 0.5) is 4.79 Å². The Bertz CT molecular complexity index is 371. The van der Waals surface area contributed by atoms with Crippen LogP contribution in [0.2, 0.25) is 0 Å². The van der Waals surface area contributed by atoms with Crippen LogP contribution in [-0.2, 0) is 4.79 Å². The lowest BCUT2D eigenvalue weighted by Crippen LogP contribution is -2.46. The minimum atomic E-state index is -0.124. The average Bonchev–Trinajstić information content (AvgIpc) is 2.46. The van der Waals surface area contributed by atoms with E-state index < -0.39 is 0 Å². The quantitative estimate of drug-likeness (QED) is 0.834. The zero-order chi connectivity index (χ0) is 15.2. The molecule has 2 rings (SSSR count). The minimum absolute atomic E-state index is 0.0398. The van der Waals surface area contributed by atoms with Crippen molar-refractivity contribution < 1.29 is 9.59 Å². The van der Waals surface area contributed by atoms with Gasteiger partial charge in [0.25, 0.3) is 0 Å². The van der Waals surface area contributed by atoms with Crippen molar-refractivity contribution >= 4 is 11.9 Å². The molecule has 0 aromatic rings. The first-order valence-corrected chi connectivity index (χ1v) is 8.30. The number of nitrogens with one attached hydrogen (secondary N) is 2. The van der Waals surface area contributed by atoms with Gasteiger partial charge in [-0.3, -0.25) is 4.79 Å². The molecule has 0 saturated heterocycles. The molecule has 0 aliphatic heterocycles. The van der Waals surface area contributed by atoms with Crippen LogP contribution in [0.25, 0.3) is 0 Å². The Morgan fingerprint density at radius 3 is 2.48 bits per heavy atom. The molecule has 21 heavy (non-hydrogen) atoms. The molecule has 0 unspecified atom stereocenters. The van der Waals surface area contributed by atoms with Crippen LogP contribution < -0.4 is 10.6 Å². The summed E-state index contributed by atoms with van der Waals surface area (Å²) in [7, 11) is 3.45.